The predicted molar refractivity (Wildman–Crippen MR) is 143 cm³/mol. The molecule has 8 heteroatoms. The zero-order valence-corrected chi connectivity index (χ0v) is 22.4. The van der Waals surface area contributed by atoms with Crippen molar-refractivity contribution >= 4 is 29.0 Å². The van der Waals surface area contributed by atoms with Crippen LogP contribution in [0.4, 0.5) is 5.82 Å². The lowest BCUT2D eigenvalue weighted by molar-refractivity contribution is 0.0247. The Balaban J connectivity index is 1.38. The molecule has 192 valence electrons. The molecule has 2 aromatic rings. The molecular weight excluding hydrogens is 483 g/mol. The number of anilines is 1. The lowest BCUT2D eigenvalue weighted by Crippen LogP contribution is -2.41. The first-order valence-corrected chi connectivity index (χ1v) is 13.7. The van der Waals surface area contributed by atoms with Gasteiger partial charge in [-0.15, -0.1) is 0 Å². The number of hydrogen-bond donors (Lipinski definition) is 2. The van der Waals surface area contributed by atoms with Gasteiger partial charge in [0, 0.05) is 49.8 Å². The predicted octanol–water partition coefficient (Wildman–Crippen LogP) is 6.16. The Bertz CT molecular complexity index is 947. The van der Waals surface area contributed by atoms with E-state index in [9.17, 15) is 0 Å². The third kappa shape index (κ3) is 7.77. The number of methoxy groups -OCH3 is 1. The first-order valence-electron chi connectivity index (χ1n) is 12.9. The highest BCUT2D eigenvalue weighted by atomic mass is 35.5. The van der Waals surface area contributed by atoms with Gasteiger partial charge in [0.15, 0.2) is 0 Å². The summed E-state index contributed by atoms with van der Waals surface area (Å²) in [7, 11) is 1.75. The van der Waals surface area contributed by atoms with Crippen molar-refractivity contribution in [2.45, 2.75) is 76.5 Å². The molecule has 0 unspecified atom stereocenters. The van der Waals surface area contributed by atoms with Crippen LogP contribution in [0.1, 0.15) is 57.6 Å². The molecule has 2 N–H and O–H groups in total. The maximum atomic E-state index is 6.57. The Labute approximate surface area is 219 Å². The van der Waals surface area contributed by atoms with Gasteiger partial charge in [0.05, 0.1) is 28.5 Å². The summed E-state index contributed by atoms with van der Waals surface area (Å²) in [6.45, 7) is 4.51. The maximum Gasteiger partial charge on any atom is 0.126 e. The number of aromatic nitrogens is 2. The highest BCUT2D eigenvalue weighted by molar-refractivity contribution is 6.36. The minimum atomic E-state index is 0.231. The summed E-state index contributed by atoms with van der Waals surface area (Å²) < 4.78 is 11.1. The van der Waals surface area contributed by atoms with E-state index in [-0.39, 0.29) is 6.10 Å². The molecule has 1 saturated heterocycles. The molecule has 4 rings (SSSR count). The van der Waals surface area contributed by atoms with Crippen LogP contribution >= 0.6 is 23.2 Å². The first-order chi connectivity index (χ1) is 17.0. The lowest BCUT2D eigenvalue weighted by atomic mass is 9.83. The normalized spacial score (nSPS) is 23.7. The Morgan fingerprint density at radius 2 is 1.94 bits per heavy atom. The van der Waals surface area contributed by atoms with Crippen LogP contribution in [0, 0.1) is 5.92 Å². The van der Waals surface area contributed by atoms with E-state index in [4.69, 9.17) is 37.7 Å². The van der Waals surface area contributed by atoms with E-state index in [1.54, 1.807) is 13.3 Å². The van der Waals surface area contributed by atoms with E-state index in [1.807, 2.05) is 12.1 Å². The summed E-state index contributed by atoms with van der Waals surface area (Å²) in [6, 6.07) is 6.81. The molecule has 2 atom stereocenters. The zero-order valence-electron chi connectivity index (χ0n) is 20.9. The van der Waals surface area contributed by atoms with Gasteiger partial charge < -0.3 is 20.1 Å². The summed E-state index contributed by atoms with van der Waals surface area (Å²) in [5.74, 6) is 1.40. The van der Waals surface area contributed by atoms with E-state index >= 15 is 0 Å². The molecule has 2 fully saturated rings. The molecule has 1 aliphatic carbocycles. The summed E-state index contributed by atoms with van der Waals surface area (Å²) in [5, 5.41) is 8.25. The molecule has 0 aromatic carbocycles. The smallest absolute Gasteiger partial charge is 0.126 e. The topological polar surface area (TPSA) is 68.3 Å². The number of pyridine rings is 2. The Morgan fingerprint density at radius 1 is 1.11 bits per heavy atom. The van der Waals surface area contributed by atoms with Crippen LogP contribution in [0.15, 0.2) is 24.4 Å². The number of rotatable bonds is 10. The van der Waals surface area contributed by atoms with Crippen molar-refractivity contribution in [2.75, 3.05) is 32.2 Å². The van der Waals surface area contributed by atoms with Crippen LogP contribution in [-0.2, 0) is 15.9 Å². The van der Waals surface area contributed by atoms with Gasteiger partial charge in [-0.25, -0.2) is 4.98 Å². The van der Waals surface area contributed by atoms with Gasteiger partial charge >= 0.3 is 0 Å². The SMILES string of the molecule is COC[C@@H](C)NC1CCC(Cc2cc(-c3nc(NC[C@@H]4CCCCO4)ccc3Cl)c(Cl)cn2)CC1. The van der Waals surface area contributed by atoms with Crippen LogP contribution in [0.2, 0.25) is 10.0 Å². The van der Waals surface area contributed by atoms with E-state index in [0.29, 0.717) is 33.7 Å². The molecule has 0 radical (unpaired) electrons. The van der Waals surface area contributed by atoms with E-state index in [2.05, 4.69) is 28.6 Å². The monoisotopic (exact) mass is 520 g/mol. The van der Waals surface area contributed by atoms with E-state index in [1.165, 1.54) is 32.1 Å². The minimum absolute atomic E-state index is 0.231. The quantitative estimate of drug-likeness (QED) is 0.391. The average Bonchev–Trinajstić information content (AvgIpc) is 2.87. The van der Waals surface area contributed by atoms with Crippen molar-refractivity contribution in [3.8, 4) is 11.3 Å². The van der Waals surface area contributed by atoms with Crippen LogP contribution < -0.4 is 10.6 Å². The summed E-state index contributed by atoms with van der Waals surface area (Å²) >= 11 is 13.1. The second-order valence-electron chi connectivity index (χ2n) is 10.00. The van der Waals surface area contributed by atoms with Gasteiger partial charge in [-0.05, 0) is 82.4 Å². The number of nitrogens with one attached hydrogen (secondary N) is 2. The molecular formula is C27H38Cl2N4O2. The van der Waals surface area contributed by atoms with Gasteiger partial charge in [-0.3, -0.25) is 4.98 Å². The van der Waals surface area contributed by atoms with Gasteiger partial charge in [0.25, 0.3) is 0 Å². The van der Waals surface area contributed by atoms with Crippen molar-refractivity contribution in [1.29, 1.82) is 0 Å². The summed E-state index contributed by atoms with van der Waals surface area (Å²) in [6.07, 6.45) is 11.1. The minimum Gasteiger partial charge on any atom is -0.383 e. The Kier molecular flexibility index (Phi) is 10.0. The summed E-state index contributed by atoms with van der Waals surface area (Å²) in [4.78, 5) is 9.43. The van der Waals surface area contributed by atoms with Crippen LogP contribution in [0.3, 0.4) is 0 Å². The van der Waals surface area contributed by atoms with Crippen molar-refractivity contribution in [2.24, 2.45) is 5.92 Å². The third-order valence-corrected chi connectivity index (χ3v) is 7.69. The zero-order chi connectivity index (χ0) is 24.6. The fourth-order valence-electron chi connectivity index (χ4n) is 5.22. The van der Waals surface area contributed by atoms with Crippen LogP contribution in [0.5, 0.6) is 0 Å². The molecule has 1 saturated carbocycles. The lowest BCUT2D eigenvalue weighted by Gasteiger charge is -2.31. The Hall–Kier alpha value is -1.44. The van der Waals surface area contributed by atoms with Crippen LogP contribution in [-0.4, -0.2) is 55.0 Å². The maximum absolute atomic E-state index is 6.57. The van der Waals surface area contributed by atoms with E-state index < -0.39 is 0 Å². The average molecular weight is 522 g/mol. The molecule has 2 aromatic heterocycles. The molecule has 3 heterocycles. The second-order valence-corrected chi connectivity index (χ2v) is 10.8. The molecule has 2 aliphatic rings. The molecule has 0 amide bonds. The van der Waals surface area contributed by atoms with Crippen molar-refractivity contribution < 1.29 is 9.47 Å². The molecule has 0 spiro atoms. The highest BCUT2D eigenvalue weighted by Gasteiger charge is 2.23. The van der Waals surface area contributed by atoms with Gasteiger partial charge in [-0.1, -0.05) is 23.2 Å². The number of hydrogen-bond acceptors (Lipinski definition) is 6. The molecule has 35 heavy (non-hydrogen) atoms. The van der Waals surface area contributed by atoms with Gasteiger partial charge in [0.2, 0.25) is 0 Å². The fourth-order valence-corrected chi connectivity index (χ4v) is 5.62. The van der Waals surface area contributed by atoms with E-state index in [0.717, 1.165) is 56.1 Å². The molecule has 1 aliphatic heterocycles. The molecule has 0 bridgehead atoms. The summed E-state index contributed by atoms with van der Waals surface area (Å²) in [5.41, 5.74) is 2.57. The Morgan fingerprint density at radius 3 is 2.69 bits per heavy atom. The third-order valence-electron chi connectivity index (χ3n) is 7.08. The van der Waals surface area contributed by atoms with Crippen LogP contribution in [0.25, 0.3) is 11.3 Å². The van der Waals surface area contributed by atoms with Gasteiger partial charge in [-0.2, -0.15) is 0 Å². The number of ether oxygens (including phenoxy) is 2. The van der Waals surface area contributed by atoms with Crippen molar-refractivity contribution in [3.05, 3.63) is 40.1 Å². The fraction of sp³-hybridized carbons (Fsp3) is 0.630. The first kappa shape index (κ1) is 26.6. The van der Waals surface area contributed by atoms with Gasteiger partial charge in [0.1, 0.15) is 5.82 Å². The number of nitrogens with zero attached hydrogens (tertiary/aromatic N) is 2. The molecule has 6 nitrogen and oxygen atoms in total. The number of halogens is 2. The van der Waals surface area contributed by atoms with Crippen molar-refractivity contribution in [1.82, 2.24) is 15.3 Å². The largest absolute Gasteiger partial charge is 0.383 e. The second kappa shape index (κ2) is 13.2. The highest BCUT2D eigenvalue weighted by Crippen LogP contribution is 2.34. The standard InChI is InChI=1S/C27H38Cl2N4O2/c1-18(17-34-2)32-20-8-6-19(7-9-20)13-21-14-23(25(29)16-30-21)27-24(28)10-11-26(33-27)31-15-22-5-3-4-12-35-22/h10-11,14,16,18-20,22,32H,3-9,12-13,15,17H2,1-2H3,(H,31,33)/t18-,19?,20?,22+/m1/s1. The van der Waals surface area contributed by atoms with Crippen molar-refractivity contribution in [3.63, 3.8) is 0 Å².